The molecule has 12 nitrogen and oxygen atoms in total. The van der Waals surface area contributed by atoms with E-state index in [1.165, 1.54) is 12.8 Å². The number of amides is 3. The highest BCUT2D eigenvalue weighted by atomic mass is 16.2. The third kappa shape index (κ3) is 4.22. The first-order valence-corrected chi connectivity index (χ1v) is 11.8. The number of hydrogen-bond acceptors (Lipinski definition) is 9. The molecule has 3 aromatic rings. The molecule has 0 aromatic carbocycles. The molecule has 1 saturated carbocycles. The summed E-state index contributed by atoms with van der Waals surface area (Å²) in [5.74, 6) is 1.64. The standard InChI is InChI=1S/C23H26N10O2/c1-31(13-14-5-4-8-24-18(14)32-9-2-3-10-32)21-28-19-15(11-17-20(34)29-23(35)27-17)12-25-33(19)22(30-21)26-16-6-7-16/h4-5,8,11-12,16H,2-3,6-7,9-10,13H2,1H3,(H,26,28,30)(H2,27,29,34,35)/b17-11-. The summed E-state index contributed by atoms with van der Waals surface area (Å²) in [5.41, 5.74) is 2.41. The molecule has 180 valence electrons. The van der Waals surface area contributed by atoms with E-state index in [-0.39, 0.29) is 5.70 Å². The van der Waals surface area contributed by atoms with Crippen molar-refractivity contribution in [3.63, 3.8) is 0 Å². The van der Waals surface area contributed by atoms with Gasteiger partial charge in [0.1, 0.15) is 11.5 Å². The molecule has 6 rings (SSSR count). The van der Waals surface area contributed by atoms with Crippen molar-refractivity contribution in [3.05, 3.63) is 41.4 Å². The number of rotatable bonds is 7. The highest BCUT2D eigenvalue weighted by molar-refractivity contribution is 6.14. The molecule has 3 N–H and O–H groups in total. The van der Waals surface area contributed by atoms with Gasteiger partial charge in [0.25, 0.3) is 5.91 Å². The van der Waals surface area contributed by atoms with E-state index < -0.39 is 11.9 Å². The molecule has 12 heteroatoms. The first kappa shape index (κ1) is 21.3. The lowest BCUT2D eigenvalue weighted by Crippen LogP contribution is -2.25. The fourth-order valence-corrected chi connectivity index (χ4v) is 4.39. The maximum Gasteiger partial charge on any atom is 0.326 e. The van der Waals surface area contributed by atoms with Crippen molar-refractivity contribution in [1.82, 2.24) is 35.2 Å². The van der Waals surface area contributed by atoms with Crippen molar-refractivity contribution in [2.75, 3.05) is 35.3 Å². The molecule has 3 amide bonds. The molecule has 5 heterocycles. The summed E-state index contributed by atoms with van der Waals surface area (Å²) in [5, 5.41) is 12.6. The van der Waals surface area contributed by atoms with Crippen LogP contribution in [0.3, 0.4) is 0 Å². The maximum absolute atomic E-state index is 12.0. The molecule has 0 radical (unpaired) electrons. The third-order valence-corrected chi connectivity index (χ3v) is 6.34. The molecule has 0 bridgehead atoms. The van der Waals surface area contributed by atoms with Crippen LogP contribution in [0, 0.1) is 0 Å². The van der Waals surface area contributed by atoms with E-state index in [1.807, 2.05) is 24.2 Å². The van der Waals surface area contributed by atoms with Gasteiger partial charge in [-0.15, -0.1) is 0 Å². The number of carbonyl (C=O) groups excluding carboxylic acids is 2. The summed E-state index contributed by atoms with van der Waals surface area (Å²) < 4.78 is 1.64. The molecular weight excluding hydrogens is 448 g/mol. The van der Waals surface area contributed by atoms with E-state index in [9.17, 15) is 9.59 Å². The molecule has 3 fully saturated rings. The SMILES string of the molecule is CN(Cc1cccnc1N1CCCC1)c1nc(NC2CC2)n2ncc(/C=C3\NC(=O)NC3=O)c2n1. The monoisotopic (exact) mass is 474 g/mol. The molecular formula is C23H26N10O2. The molecule has 35 heavy (non-hydrogen) atoms. The van der Waals surface area contributed by atoms with Crippen LogP contribution in [0.2, 0.25) is 0 Å². The summed E-state index contributed by atoms with van der Waals surface area (Å²) >= 11 is 0. The molecule has 2 aliphatic heterocycles. The number of anilines is 3. The van der Waals surface area contributed by atoms with E-state index in [0.29, 0.717) is 35.7 Å². The van der Waals surface area contributed by atoms with E-state index in [1.54, 1.807) is 16.8 Å². The number of aromatic nitrogens is 5. The fourth-order valence-electron chi connectivity index (χ4n) is 4.39. The van der Waals surface area contributed by atoms with Gasteiger partial charge in [-0.3, -0.25) is 10.1 Å². The summed E-state index contributed by atoms with van der Waals surface area (Å²) in [4.78, 5) is 42.1. The van der Waals surface area contributed by atoms with Gasteiger partial charge in [-0.05, 0) is 37.8 Å². The number of imide groups is 1. The van der Waals surface area contributed by atoms with Crippen LogP contribution in [0.15, 0.2) is 30.2 Å². The largest absolute Gasteiger partial charge is 0.356 e. The van der Waals surface area contributed by atoms with Gasteiger partial charge in [0, 0.05) is 50.0 Å². The van der Waals surface area contributed by atoms with Gasteiger partial charge < -0.3 is 20.4 Å². The number of nitrogens with zero attached hydrogens (tertiary/aromatic N) is 7. The lowest BCUT2D eigenvalue weighted by Gasteiger charge is -2.23. The predicted octanol–water partition coefficient (Wildman–Crippen LogP) is 1.51. The summed E-state index contributed by atoms with van der Waals surface area (Å²) in [7, 11) is 1.95. The Bertz CT molecular complexity index is 1340. The van der Waals surface area contributed by atoms with Crippen LogP contribution in [0.4, 0.5) is 22.5 Å². The van der Waals surface area contributed by atoms with Gasteiger partial charge in [-0.2, -0.15) is 19.6 Å². The van der Waals surface area contributed by atoms with Gasteiger partial charge in [0.05, 0.1) is 6.20 Å². The van der Waals surface area contributed by atoms with Gasteiger partial charge in [0.15, 0.2) is 5.65 Å². The van der Waals surface area contributed by atoms with Gasteiger partial charge in [-0.1, -0.05) is 6.07 Å². The molecule has 0 atom stereocenters. The normalized spacial score (nSPS) is 18.9. The van der Waals surface area contributed by atoms with E-state index in [2.05, 4.69) is 37.0 Å². The van der Waals surface area contributed by atoms with Crippen molar-refractivity contribution in [2.24, 2.45) is 0 Å². The summed E-state index contributed by atoms with van der Waals surface area (Å²) in [6, 6.07) is 3.86. The van der Waals surface area contributed by atoms with Gasteiger partial charge >= 0.3 is 6.03 Å². The summed E-state index contributed by atoms with van der Waals surface area (Å²) in [6.07, 6.45) is 9.54. The Morgan fingerprint density at radius 3 is 2.77 bits per heavy atom. The average Bonchev–Trinajstić information content (AvgIpc) is 3.20. The Morgan fingerprint density at radius 1 is 1.20 bits per heavy atom. The predicted molar refractivity (Wildman–Crippen MR) is 130 cm³/mol. The first-order valence-electron chi connectivity index (χ1n) is 11.8. The topological polar surface area (TPSA) is 133 Å². The quantitative estimate of drug-likeness (QED) is 0.344. The Labute approximate surface area is 201 Å². The van der Waals surface area contributed by atoms with Crippen LogP contribution in [0.5, 0.6) is 0 Å². The van der Waals surface area contributed by atoms with E-state index in [0.717, 1.165) is 37.3 Å². The zero-order valence-electron chi connectivity index (χ0n) is 19.4. The Morgan fingerprint density at radius 2 is 2.03 bits per heavy atom. The zero-order valence-corrected chi connectivity index (χ0v) is 19.4. The average molecular weight is 475 g/mol. The lowest BCUT2D eigenvalue weighted by molar-refractivity contribution is -0.115. The maximum atomic E-state index is 12.0. The molecule has 0 spiro atoms. The first-order chi connectivity index (χ1) is 17.0. The number of hydrogen-bond donors (Lipinski definition) is 3. The molecule has 1 aliphatic carbocycles. The second-order valence-corrected chi connectivity index (χ2v) is 9.10. The van der Waals surface area contributed by atoms with Gasteiger partial charge in [-0.25, -0.2) is 9.78 Å². The second-order valence-electron chi connectivity index (χ2n) is 9.10. The fraction of sp³-hybridized carbons (Fsp3) is 0.391. The van der Waals surface area contributed by atoms with Gasteiger partial charge in [0.2, 0.25) is 11.9 Å². The summed E-state index contributed by atoms with van der Waals surface area (Å²) in [6.45, 7) is 2.62. The second kappa shape index (κ2) is 8.53. The Hall–Kier alpha value is -4.22. The van der Waals surface area contributed by atoms with Crippen LogP contribution in [0.25, 0.3) is 11.7 Å². The van der Waals surface area contributed by atoms with Crippen molar-refractivity contribution < 1.29 is 9.59 Å². The van der Waals surface area contributed by atoms with Crippen molar-refractivity contribution in [2.45, 2.75) is 38.3 Å². The number of fused-ring (bicyclic) bond motifs is 1. The zero-order chi connectivity index (χ0) is 23.9. The van der Waals surface area contributed by atoms with Crippen molar-refractivity contribution in [1.29, 1.82) is 0 Å². The number of pyridine rings is 1. The highest BCUT2D eigenvalue weighted by Crippen LogP contribution is 2.28. The van der Waals surface area contributed by atoms with Crippen LogP contribution in [-0.4, -0.2) is 62.7 Å². The minimum Gasteiger partial charge on any atom is -0.356 e. The van der Waals surface area contributed by atoms with Crippen LogP contribution >= 0.6 is 0 Å². The van der Waals surface area contributed by atoms with Crippen LogP contribution < -0.4 is 25.8 Å². The highest BCUT2D eigenvalue weighted by Gasteiger charge is 2.26. The smallest absolute Gasteiger partial charge is 0.326 e. The third-order valence-electron chi connectivity index (χ3n) is 6.34. The van der Waals surface area contributed by atoms with Crippen LogP contribution in [-0.2, 0) is 11.3 Å². The molecule has 3 aliphatic rings. The minimum absolute atomic E-state index is 0.153. The minimum atomic E-state index is -0.547. The Balaban J connectivity index is 1.36. The van der Waals surface area contributed by atoms with Crippen molar-refractivity contribution >= 4 is 41.4 Å². The lowest BCUT2D eigenvalue weighted by atomic mass is 10.2. The Kier molecular flexibility index (Phi) is 5.20. The molecule has 3 aromatic heterocycles. The van der Waals surface area contributed by atoms with E-state index >= 15 is 0 Å². The van der Waals surface area contributed by atoms with E-state index in [4.69, 9.17) is 9.97 Å². The number of carbonyl (C=O) groups is 2. The van der Waals surface area contributed by atoms with Crippen LogP contribution in [0.1, 0.15) is 36.8 Å². The van der Waals surface area contributed by atoms with Crippen molar-refractivity contribution in [3.8, 4) is 0 Å². The molecule has 0 unspecified atom stereocenters. The number of urea groups is 1. The molecule has 2 saturated heterocycles. The number of nitrogens with one attached hydrogen (secondary N) is 3.